The van der Waals surface area contributed by atoms with Crippen molar-refractivity contribution in [1.29, 1.82) is 0 Å². The Hall–Kier alpha value is -0.0700. The van der Waals surface area contributed by atoms with E-state index in [-0.39, 0.29) is 12.0 Å². The molecule has 2 N–H and O–H groups in total. The lowest BCUT2D eigenvalue weighted by molar-refractivity contribution is 0.160. The highest BCUT2D eigenvalue weighted by atomic mass is 127. The smallest absolute Gasteiger partial charge is 0.0815 e. The first-order valence-electron chi connectivity index (χ1n) is 5.49. The molecule has 0 bridgehead atoms. The summed E-state index contributed by atoms with van der Waals surface area (Å²) < 4.78 is 2.25. The standard InChI is InChI=1S/C13H15BrINO/c1-13(2,7-17)6-10-9-5-8(14)3-4-11(9)16-12(10)15/h3-5,16-17H,6-7H2,1-2H3. The number of hydrogen-bond acceptors (Lipinski definition) is 1. The van der Waals surface area contributed by atoms with E-state index >= 15 is 0 Å². The predicted octanol–water partition coefficient (Wildman–Crippen LogP) is 4.10. The number of rotatable bonds is 3. The number of aliphatic hydroxyl groups excluding tert-OH is 1. The van der Waals surface area contributed by atoms with Gasteiger partial charge in [-0.2, -0.15) is 0 Å². The molecule has 0 saturated carbocycles. The summed E-state index contributed by atoms with van der Waals surface area (Å²) in [5, 5.41) is 10.6. The molecule has 0 aliphatic carbocycles. The molecule has 4 heteroatoms. The molecule has 1 aromatic heterocycles. The predicted molar refractivity (Wildman–Crippen MR) is 83.3 cm³/mol. The molecule has 1 heterocycles. The molecule has 0 spiro atoms. The van der Waals surface area contributed by atoms with Crippen molar-refractivity contribution >= 4 is 49.4 Å². The maximum Gasteiger partial charge on any atom is 0.0815 e. The summed E-state index contributed by atoms with van der Waals surface area (Å²) in [5.74, 6) is 0. The van der Waals surface area contributed by atoms with Crippen molar-refractivity contribution in [1.82, 2.24) is 4.98 Å². The number of aromatic nitrogens is 1. The van der Waals surface area contributed by atoms with Gasteiger partial charge in [0.25, 0.3) is 0 Å². The Morgan fingerprint density at radius 1 is 1.41 bits per heavy atom. The van der Waals surface area contributed by atoms with Crippen molar-refractivity contribution in [3.05, 3.63) is 31.9 Å². The summed E-state index contributed by atoms with van der Waals surface area (Å²) >= 11 is 5.84. The Labute approximate surface area is 123 Å². The van der Waals surface area contributed by atoms with Crippen LogP contribution in [0.15, 0.2) is 22.7 Å². The number of halogens is 2. The van der Waals surface area contributed by atoms with Crippen LogP contribution in [0.1, 0.15) is 19.4 Å². The van der Waals surface area contributed by atoms with E-state index in [0.717, 1.165) is 20.1 Å². The third kappa shape index (κ3) is 2.85. The van der Waals surface area contributed by atoms with Gasteiger partial charge in [0.05, 0.1) is 3.70 Å². The zero-order chi connectivity index (χ0) is 12.6. The van der Waals surface area contributed by atoms with Gasteiger partial charge in [0.15, 0.2) is 0 Å². The third-order valence-corrected chi connectivity index (χ3v) is 4.31. The number of hydrogen-bond donors (Lipinski definition) is 2. The average molecular weight is 408 g/mol. The molecule has 92 valence electrons. The van der Waals surface area contributed by atoms with Gasteiger partial charge in [-0.1, -0.05) is 29.8 Å². The van der Waals surface area contributed by atoms with Crippen molar-refractivity contribution in [2.24, 2.45) is 5.41 Å². The van der Waals surface area contributed by atoms with Crippen molar-refractivity contribution in [3.63, 3.8) is 0 Å². The molecule has 2 nitrogen and oxygen atoms in total. The first-order chi connectivity index (χ1) is 7.93. The molecule has 0 aliphatic rings. The van der Waals surface area contributed by atoms with Gasteiger partial charge in [-0.3, -0.25) is 0 Å². The molecule has 0 fully saturated rings. The largest absolute Gasteiger partial charge is 0.396 e. The quantitative estimate of drug-likeness (QED) is 0.738. The molecule has 0 aliphatic heterocycles. The van der Waals surface area contributed by atoms with Crippen molar-refractivity contribution < 1.29 is 5.11 Å². The van der Waals surface area contributed by atoms with E-state index in [0.29, 0.717) is 0 Å². The fourth-order valence-electron chi connectivity index (χ4n) is 1.89. The van der Waals surface area contributed by atoms with Gasteiger partial charge in [-0.15, -0.1) is 0 Å². The van der Waals surface area contributed by atoms with Gasteiger partial charge in [0.1, 0.15) is 0 Å². The second-order valence-corrected chi connectivity index (χ2v) is 7.10. The number of benzene rings is 1. The number of nitrogens with one attached hydrogen (secondary N) is 1. The number of aliphatic hydroxyl groups is 1. The summed E-state index contributed by atoms with van der Waals surface area (Å²) in [5.41, 5.74) is 2.36. The molecular weight excluding hydrogens is 393 g/mol. The Balaban J connectivity index is 2.52. The molecule has 1 aromatic carbocycles. The molecule has 0 radical (unpaired) electrons. The van der Waals surface area contributed by atoms with Crippen LogP contribution >= 0.6 is 38.5 Å². The molecule has 2 rings (SSSR count). The van der Waals surface area contributed by atoms with Crippen LogP contribution in [0.5, 0.6) is 0 Å². The Bertz CT molecular complexity index is 548. The van der Waals surface area contributed by atoms with Gasteiger partial charge in [-0.25, -0.2) is 0 Å². The highest BCUT2D eigenvalue weighted by molar-refractivity contribution is 14.1. The lowest BCUT2D eigenvalue weighted by Gasteiger charge is -2.21. The van der Waals surface area contributed by atoms with Gasteiger partial charge < -0.3 is 10.1 Å². The maximum atomic E-state index is 9.39. The highest BCUT2D eigenvalue weighted by Crippen LogP contribution is 2.31. The SMILES string of the molecule is CC(C)(CO)Cc1c(I)[nH]c2ccc(Br)cc12. The van der Waals surface area contributed by atoms with E-state index < -0.39 is 0 Å². The van der Waals surface area contributed by atoms with Gasteiger partial charge in [0.2, 0.25) is 0 Å². The first kappa shape index (κ1) is 13.4. The minimum atomic E-state index is -0.0859. The monoisotopic (exact) mass is 407 g/mol. The minimum absolute atomic E-state index is 0.0859. The molecule has 0 amide bonds. The van der Waals surface area contributed by atoms with Crippen LogP contribution in [0.2, 0.25) is 0 Å². The van der Waals surface area contributed by atoms with E-state index in [9.17, 15) is 5.11 Å². The zero-order valence-electron chi connectivity index (χ0n) is 9.85. The van der Waals surface area contributed by atoms with E-state index in [2.05, 4.69) is 69.5 Å². The number of H-pyrrole nitrogens is 1. The van der Waals surface area contributed by atoms with Crippen LogP contribution in [-0.2, 0) is 6.42 Å². The average Bonchev–Trinajstić information content (AvgIpc) is 2.56. The van der Waals surface area contributed by atoms with Crippen LogP contribution in [0.3, 0.4) is 0 Å². The molecule has 0 unspecified atom stereocenters. The number of fused-ring (bicyclic) bond motifs is 1. The van der Waals surface area contributed by atoms with Crippen molar-refractivity contribution in [2.75, 3.05) is 6.61 Å². The topological polar surface area (TPSA) is 36.0 Å². The third-order valence-electron chi connectivity index (χ3n) is 2.90. The Kier molecular flexibility index (Phi) is 3.85. The fraction of sp³-hybridized carbons (Fsp3) is 0.385. The summed E-state index contributed by atoms with van der Waals surface area (Å²) in [4.78, 5) is 3.39. The maximum absolute atomic E-state index is 9.39. The molecule has 17 heavy (non-hydrogen) atoms. The van der Waals surface area contributed by atoms with Crippen LogP contribution in [0, 0.1) is 9.12 Å². The van der Waals surface area contributed by atoms with Gasteiger partial charge in [0, 0.05) is 22.0 Å². The van der Waals surface area contributed by atoms with Crippen LogP contribution in [-0.4, -0.2) is 16.7 Å². The van der Waals surface area contributed by atoms with E-state index in [4.69, 9.17) is 0 Å². The van der Waals surface area contributed by atoms with Gasteiger partial charge in [-0.05, 0) is 58.2 Å². The van der Waals surface area contributed by atoms with Crippen molar-refractivity contribution in [2.45, 2.75) is 20.3 Å². The summed E-state index contributed by atoms with van der Waals surface area (Å²) in [6.45, 7) is 4.36. The Morgan fingerprint density at radius 2 is 2.12 bits per heavy atom. The minimum Gasteiger partial charge on any atom is -0.396 e. The normalized spacial score (nSPS) is 12.3. The summed E-state index contributed by atoms with van der Waals surface area (Å²) in [6, 6.07) is 6.25. The second-order valence-electron chi connectivity index (χ2n) is 5.11. The molecular formula is C13H15BrINO. The molecule has 0 atom stereocenters. The Morgan fingerprint density at radius 3 is 2.76 bits per heavy atom. The fourth-order valence-corrected chi connectivity index (χ4v) is 3.03. The highest BCUT2D eigenvalue weighted by Gasteiger charge is 2.21. The van der Waals surface area contributed by atoms with E-state index in [1.165, 1.54) is 10.9 Å². The van der Waals surface area contributed by atoms with E-state index in [1.54, 1.807) is 0 Å². The lowest BCUT2D eigenvalue weighted by Crippen LogP contribution is -2.20. The van der Waals surface area contributed by atoms with Crippen LogP contribution in [0.4, 0.5) is 0 Å². The van der Waals surface area contributed by atoms with Crippen LogP contribution < -0.4 is 0 Å². The summed E-state index contributed by atoms with van der Waals surface area (Å²) in [6.07, 6.45) is 0.873. The zero-order valence-corrected chi connectivity index (χ0v) is 13.6. The first-order valence-corrected chi connectivity index (χ1v) is 7.36. The molecule has 2 aromatic rings. The summed E-state index contributed by atoms with van der Waals surface area (Å²) in [7, 11) is 0. The lowest BCUT2D eigenvalue weighted by atomic mass is 9.87. The van der Waals surface area contributed by atoms with E-state index in [1.807, 2.05) is 6.07 Å². The molecule has 0 saturated heterocycles. The number of aromatic amines is 1. The second kappa shape index (κ2) is 4.90. The van der Waals surface area contributed by atoms with Crippen LogP contribution in [0.25, 0.3) is 10.9 Å². The van der Waals surface area contributed by atoms with Gasteiger partial charge >= 0.3 is 0 Å². The van der Waals surface area contributed by atoms with Crippen molar-refractivity contribution in [3.8, 4) is 0 Å².